The predicted molar refractivity (Wildman–Crippen MR) is 89.0 cm³/mol. The molecule has 24 heavy (non-hydrogen) atoms. The van der Waals surface area contributed by atoms with Crippen LogP contribution in [0.15, 0.2) is 24.3 Å². The van der Waals surface area contributed by atoms with E-state index in [1.165, 1.54) is 0 Å². The van der Waals surface area contributed by atoms with Gasteiger partial charge in [0.25, 0.3) is 0 Å². The van der Waals surface area contributed by atoms with Crippen LogP contribution in [0.5, 0.6) is 11.5 Å². The number of amides is 2. The van der Waals surface area contributed by atoms with Gasteiger partial charge in [-0.05, 0) is 38.3 Å². The summed E-state index contributed by atoms with van der Waals surface area (Å²) < 4.78 is 11.0. The molecule has 0 saturated carbocycles. The molecule has 1 aromatic rings. The van der Waals surface area contributed by atoms with Gasteiger partial charge in [-0.3, -0.25) is 9.59 Å². The molecule has 0 spiro atoms. The maximum Gasteiger partial charge on any atom is 0.246 e. The van der Waals surface area contributed by atoms with E-state index in [2.05, 4.69) is 0 Å². The molecule has 6 nitrogen and oxygen atoms in total. The molecule has 0 aliphatic carbocycles. The average Bonchev–Trinajstić information content (AvgIpc) is 3.09. The van der Waals surface area contributed by atoms with Crippen molar-refractivity contribution in [2.45, 2.75) is 38.3 Å². The van der Waals surface area contributed by atoms with Crippen molar-refractivity contribution in [1.29, 1.82) is 0 Å². The normalized spacial score (nSPS) is 23.4. The van der Waals surface area contributed by atoms with E-state index in [1.54, 1.807) is 16.9 Å². The molecule has 2 atom stereocenters. The van der Waals surface area contributed by atoms with Crippen molar-refractivity contribution in [1.82, 2.24) is 9.80 Å². The van der Waals surface area contributed by atoms with Gasteiger partial charge in [0.2, 0.25) is 11.8 Å². The molecule has 6 heteroatoms. The van der Waals surface area contributed by atoms with Gasteiger partial charge in [-0.15, -0.1) is 0 Å². The molecule has 130 valence electrons. The molecule has 0 radical (unpaired) electrons. The van der Waals surface area contributed by atoms with E-state index in [4.69, 9.17) is 9.47 Å². The minimum atomic E-state index is -0.377. The van der Waals surface area contributed by atoms with Crippen LogP contribution in [0.2, 0.25) is 0 Å². The molecule has 0 N–H and O–H groups in total. The molecule has 2 aliphatic rings. The molecule has 1 aromatic carbocycles. The molecular formula is C18H24N2O4. The van der Waals surface area contributed by atoms with E-state index < -0.39 is 0 Å². The van der Waals surface area contributed by atoms with Crippen LogP contribution in [0.1, 0.15) is 26.2 Å². The van der Waals surface area contributed by atoms with Crippen molar-refractivity contribution in [3.63, 3.8) is 0 Å². The van der Waals surface area contributed by atoms with Gasteiger partial charge in [0, 0.05) is 13.1 Å². The maximum absolute atomic E-state index is 12.6. The van der Waals surface area contributed by atoms with Gasteiger partial charge in [0.05, 0.1) is 13.7 Å². The van der Waals surface area contributed by atoms with Gasteiger partial charge in [0.15, 0.2) is 11.5 Å². The molecular weight excluding hydrogens is 308 g/mol. The predicted octanol–water partition coefficient (Wildman–Crippen LogP) is 1.69. The van der Waals surface area contributed by atoms with E-state index in [9.17, 15) is 9.59 Å². The first kappa shape index (κ1) is 16.6. The summed E-state index contributed by atoms with van der Waals surface area (Å²) in [7, 11) is 1.61. The number of methoxy groups -OCH3 is 1. The highest BCUT2D eigenvalue weighted by atomic mass is 16.5. The van der Waals surface area contributed by atoms with Gasteiger partial charge < -0.3 is 19.3 Å². The first-order valence-corrected chi connectivity index (χ1v) is 8.50. The van der Waals surface area contributed by atoms with E-state index in [1.807, 2.05) is 31.2 Å². The van der Waals surface area contributed by atoms with Crippen molar-refractivity contribution in [2.24, 2.45) is 0 Å². The number of carbonyl (C=O) groups excluding carboxylic acids is 2. The fraction of sp³-hybridized carbons (Fsp3) is 0.556. The number of ether oxygens (including phenoxy) is 2. The number of nitrogens with zero attached hydrogens (tertiary/aromatic N) is 2. The highest BCUT2D eigenvalue weighted by molar-refractivity contribution is 5.97. The van der Waals surface area contributed by atoms with Gasteiger partial charge in [0.1, 0.15) is 12.1 Å². The Balaban J connectivity index is 1.54. The van der Waals surface area contributed by atoms with Gasteiger partial charge in [-0.1, -0.05) is 12.1 Å². The van der Waals surface area contributed by atoms with Crippen LogP contribution in [0, 0.1) is 0 Å². The van der Waals surface area contributed by atoms with Crippen LogP contribution >= 0.6 is 0 Å². The number of carbonyl (C=O) groups is 2. The summed E-state index contributed by atoms with van der Waals surface area (Å²) in [6, 6.07) is 6.86. The second-order valence-corrected chi connectivity index (χ2v) is 6.25. The minimum Gasteiger partial charge on any atom is -0.493 e. The zero-order valence-corrected chi connectivity index (χ0v) is 14.2. The lowest BCUT2D eigenvalue weighted by Crippen LogP contribution is -2.61. The fourth-order valence-electron chi connectivity index (χ4n) is 3.50. The summed E-state index contributed by atoms with van der Waals surface area (Å²) in [5.74, 6) is 1.53. The van der Waals surface area contributed by atoms with Crippen LogP contribution in [0.25, 0.3) is 0 Å². The number of rotatable bonds is 6. The Morgan fingerprint density at radius 1 is 1.17 bits per heavy atom. The first-order valence-electron chi connectivity index (χ1n) is 8.50. The summed E-state index contributed by atoms with van der Waals surface area (Å²) in [4.78, 5) is 28.4. The molecule has 2 saturated heterocycles. The van der Waals surface area contributed by atoms with Crippen molar-refractivity contribution < 1.29 is 19.1 Å². The number of hydrogen-bond donors (Lipinski definition) is 0. The third-order valence-electron chi connectivity index (χ3n) is 4.80. The number of benzene rings is 1. The Kier molecular flexibility index (Phi) is 4.92. The number of para-hydroxylation sites is 2. The molecule has 2 aliphatic heterocycles. The lowest BCUT2D eigenvalue weighted by atomic mass is 10.1. The van der Waals surface area contributed by atoms with Crippen molar-refractivity contribution >= 4 is 11.8 Å². The van der Waals surface area contributed by atoms with E-state index in [0.29, 0.717) is 37.6 Å². The third kappa shape index (κ3) is 3.05. The van der Waals surface area contributed by atoms with Gasteiger partial charge >= 0.3 is 0 Å². The number of piperazine rings is 1. The second-order valence-electron chi connectivity index (χ2n) is 6.25. The van der Waals surface area contributed by atoms with Crippen LogP contribution in [-0.4, -0.2) is 60.5 Å². The summed E-state index contributed by atoms with van der Waals surface area (Å²) >= 11 is 0. The summed E-state index contributed by atoms with van der Waals surface area (Å²) in [5, 5.41) is 0. The Bertz CT molecular complexity index is 619. The maximum atomic E-state index is 12.6. The molecule has 0 aromatic heterocycles. The largest absolute Gasteiger partial charge is 0.493 e. The van der Waals surface area contributed by atoms with Gasteiger partial charge in [-0.25, -0.2) is 0 Å². The van der Waals surface area contributed by atoms with Crippen molar-refractivity contribution in [2.75, 3.05) is 26.8 Å². The summed E-state index contributed by atoms with van der Waals surface area (Å²) in [6.07, 6.45) is 2.37. The Morgan fingerprint density at radius 3 is 2.67 bits per heavy atom. The standard InChI is InChI=1S/C18H24N2O4/c1-13-17(21)20-10-5-7-14(20)18(22)19(13)11-6-12-24-16-9-4-3-8-15(16)23-2/h3-4,8-9,13-14H,5-7,10-12H2,1-2H3/t13-,14-/m0/s1. The Hall–Kier alpha value is -2.24. The molecule has 3 rings (SSSR count). The highest BCUT2D eigenvalue weighted by Gasteiger charge is 2.45. The summed E-state index contributed by atoms with van der Waals surface area (Å²) in [6.45, 7) is 3.53. The monoisotopic (exact) mass is 332 g/mol. The molecule has 2 fully saturated rings. The second kappa shape index (κ2) is 7.11. The van der Waals surface area contributed by atoms with Crippen LogP contribution in [-0.2, 0) is 9.59 Å². The molecule has 2 amide bonds. The van der Waals surface area contributed by atoms with Crippen LogP contribution < -0.4 is 9.47 Å². The van der Waals surface area contributed by atoms with Gasteiger partial charge in [-0.2, -0.15) is 0 Å². The molecule has 2 heterocycles. The molecule has 0 bridgehead atoms. The van der Waals surface area contributed by atoms with Crippen molar-refractivity contribution in [3.05, 3.63) is 24.3 Å². The van der Waals surface area contributed by atoms with E-state index in [0.717, 1.165) is 12.8 Å². The highest BCUT2D eigenvalue weighted by Crippen LogP contribution is 2.28. The SMILES string of the molecule is COc1ccccc1OCCCN1C(=O)[C@@H]2CCCN2C(=O)[C@@H]1C. The first-order chi connectivity index (χ1) is 11.6. The van der Waals surface area contributed by atoms with Crippen molar-refractivity contribution in [3.8, 4) is 11.5 Å². The minimum absolute atomic E-state index is 0.0720. The Morgan fingerprint density at radius 2 is 1.92 bits per heavy atom. The van der Waals surface area contributed by atoms with E-state index >= 15 is 0 Å². The van der Waals surface area contributed by atoms with E-state index in [-0.39, 0.29) is 23.9 Å². The zero-order valence-electron chi connectivity index (χ0n) is 14.2. The topological polar surface area (TPSA) is 59.1 Å². The zero-order chi connectivity index (χ0) is 17.1. The number of fused-ring (bicyclic) bond motifs is 1. The lowest BCUT2D eigenvalue weighted by Gasteiger charge is -2.40. The number of hydrogen-bond acceptors (Lipinski definition) is 4. The molecule has 0 unspecified atom stereocenters. The summed E-state index contributed by atoms with van der Waals surface area (Å²) in [5.41, 5.74) is 0. The van der Waals surface area contributed by atoms with Crippen LogP contribution in [0.3, 0.4) is 0 Å². The van der Waals surface area contributed by atoms with Crippen LogP contribution in [0.4, 0.5) is 0 Å². The third-order valence-corrected chi connectivity index (χ3v) is 4.80. The smallest absolute Gasteiger partial charge is 0.246 e. The Labute approximate surface area is 142 Å². The quantitative estimate of drug-likeness (QED) is 0.744. The fourth-order valence-corrected chi connectivity index (χ4v) is 3.50. The average molecular weight is 332 g/mol. The lowest BCUT2D eigenvalue weighted by molar-refractivity contribution is -0.158.